The molecule has 5 rings (SSSR count). The van der Waals surface area contributed by atoms with Crippen molar-refractivity contribution in [3.8, 4) is 28.7 Å². The number of nitrogens with one attached hydrogen (secondary N) is 2. The number of amides is 1. The fourth-order valence-corrected chi connectivity index (χ4v) is 4.57. The smallest absolute Gasteiger partial charge is 0.317 e. The molecular weight excluding hydrogens is 481 g/mol. The van der Waals surface area contributed by atoms with Gasteiger partial charge in [0.2, 0.25) is 12.2 Å². The van der Waals surface area contributed by atoms with Gasteiger partial charge in [0, 0.05) is 17.8 Å². The summed E-state index contributed by atoms with van der Waals surface area (Å²) in [5.74, 6) is -0.401. The molecule has 11 heteroatoms. The van der Waals surface area contributed by atoms with E-state index in [0.29, 0.717) is 28.5 Å². The second-order valence-corrected chi connectivity index (χ2v) is 9.19. The van der Waals surface area contributed by atoms with E-state index in [1.807, 2.05) is 0 Å². The number of ether oxygens (including phenoxy) is 3. The van der Waals surface area contributed by atoms with Gasteiger partial charge >= 0.3 is 6.01 Å². The summed E-state index contributed by atoms with van der Waals surface area (Å²) in [7, 11) is 0. The third-order valence-electron chi connectivity index (χ3n) is 6.50. The maximum absolute atomic E-state index is 13.6. The molecule has 196 valence electrons. The highest BCUT2D eigenvalue weighted by molar-refractivity contribution is 5.79. The number of nitrogens with zero attached hydrogens (tertiary/aromatic N) is 3. The van der Waals surface area contributed by atoms with Crippen LogP contribution in [0.15, 0.2) is 36.5 Å². The summed E-state index contributed by atoms with van der Waals surface area (Å²) in [5.41, 5.74) is 2.21. The lowest BCUT2D eigenvalue weighted by atomic mass is 9.95. The Hall–Kier alpha value is -3.41. The van der Waals surface area contributed by atoms with Gasteiger partial charge in [0.1, 0.15) is 12.4 Å². The van der Waals surface area contributed by atoms with Crippen molar-refractivity contribution < 1.29 is 28.5 Å². The lowest BCUT2D eigenvalue weighted by molar-refractivity contribution is -0.209. The van der Waals surface area contributed by atoms with Gasteiger partial charge in [-0.15, -0.1) is 0 Å². The van der Waals surface area contributed by atoms with Gasteiger partial charge in [-0.3, -0.25) is 4.79 Å². The molecule has 0 radical (unpaired) electrons. The Labute approximate surface area is 213 Å². The minimum atomic E-state index is -0.807. The minimum absolute atomic E-state index is 0.0473. The Balaban J connectivity index is 1.34. The van der Waals surface area contributed by atoms with E-state index in [-0.39, 0.29) is 50.2 Å². The van der Waals surface area contributed by atoms with Gasteiger partial charge in [0.05, 0.1) is 42.8 Å². The number of hydrogen-bond donors (Lipinski definition) is 3. The van der Waals surface area contributed by atoms with E-state index >= 15 is 0 Å². The Morgan fingerprint density at radius 3 is 2.59 bits per heavy atom. The molecule has 10 nitrogen and oxygen atoms in total. The van der Waals surface area contributed by atoms with Gasteiger partial charge in [0.15, 0.2) is 5.82 Å². The third kappa shape index (κ3) is 6.12. The Morgan fingerprint density at radius 1 is 1.11 bits per heavy atom. The molecule has 2 aliphatic rings. The fraction of sp³-hybridized carbons (Fsp3) is 0.462. The summed E-state index contributed by atoms with van der Waals surface area (Å²) in [6, 6.07) is 7.96. The van der Waals surface area contributed by atoms with E-state index < -0.39 is 12.2 Å². The molecule has 3 heterocycles. The number of rotatable bonds is 8. The van der Waals surface area contributed by atoms with Crippen LogP contribution in [-0.4, -0.2) is 63.4 Å². The molecule has 1 saturated carbocycles. The average Bonchev–Trinajstić information content (AvgIpc) is 3.39. The van der Waals surface area contributed by atoms with Gasteiger partial charge in [-0.05, 0) is 43.2 Å². The summed E-state index contributed by atoms with van der Waals surface area (Å²) in [6.45, 7) is 0.302. The normalized spacial score (nSPS) is 20.5. The Morgan fingerprint density at radius 2 is 1.86 bits per heavy atom. The Kier molecular flexibility index (Phi) is 8.02. The number of carbonyl (C=O) groups is 1. The predicted octanol–water partition coefficient (Wildman–Crippen LogP) is 3.15. The summed E-state index contributed by atoms with van der Waals surface area (Å²) in [5, 5.41) is 12.2. The molecular formula is C26H30FN5O5. The van der Waals surface area contributed by atoms with Gasteiger partial charge in [-0.2, -0.15) is 4.98 Å². The van der Waals surface area contributed by atoms with Crippen molar-refractivity contribution in [3.63, 3.8) is 0 Å². The summed E-state index contributed by atoms with van der Waals surface area (Å²) in [6.07, 6.45) is 6.26. The number of halogens is 1. The highest BCUT2D eigenvalue weighted by atomic mass is 19.1. The van der Waals surface area contributed by atoms with Crippen molar-refractivity contribution >= 4 is 5.91 Å². The lowest BCUT2D eigenvalue weighted by Gasteiger charge is -2.30. The Bertz CT molecular complexity index is 1190. The number of benzene rings is 1. The first-order chi connectivity index (χ1) is 18.1. The first kappa shape index (κ1) is 25.2. The summed E-state index contributed by atoms with van der Waals surface area (Å²) >= 11 is 0. The molecule has 1 amide bonds. The van der Waals surface area contributed by atoms with Crippen molar-refractivity contribution in [1.29, 1.82) is 0 Å². The summed E-state index contributed by atoms with van der Waals surface area (Å²) in [4.78, 5) is 29.1. The van der Waals surface area contributed by atoms with Gasteiger partial charge < -0.3 is 29.6 Å². The van der Waals surface area contributed by atoms with Crippen molar-refractivity contribution in [2.75, 3.05) is 26.4 Å². The molecule has 1 aliphatic carbocycles. The number of aliphatic hydroxyl groups is 1. The number of hydrogen-bond acceptors (Lipinski definition) is 8. The molecule has 3 aromatic rings. The summed E-state index contributed by atoms with van der Waals surface area (Å²) < 4.78 is 30.7. The van der Waals surface area contributed by atoms with Crippen LogP contribution in [-0.2, 0) is 14.3 Å². The molecule has 0 unspecified atom stereocenters. The number of imidazole rings is 1. The van der Waals surface area contributed by atoms with Crippen LogP contribution >= 0.6 is 0 Å². The zero-order chi connectivity index (χ0) is 25.6. The van der Waals surface area contributed by atoms with E-state index in [0.717, 1.165) is 25.7 Å². The van der Waals surface area contributed by atoms with Crippen molar-refractivity contribution in [1.82, 2.24) is 25.3 Å². The zero-order valence-corrected chi connectivity index (χ0v) is 20.4. The molecule has 3 N–H and O–H groups in total. The number of carbonyl (C=O) groups excluding carboxylic acids is 1. The zero-order valence-electron chi connectivity index (χ0n) is 20.4. The molecule has 0 bridgehead atoms. The lowest BCUT2D eigenvalue weighted by Crippen LogP contribution is -2.44. The van der Waals surface area contributed by atoms with Crippen LogP contribution in [0.4, 0.5) is 4.39 Å². The number of aliphatic hydroxyl groups excluding tert-OH is 1. The van der Waals surface area contributed by atoms with E-state index in [2.05, 4.69) is 20.3 Å². The van der Waals surface area contributed by atoms with Crippen LogP contribution in [0.3, 0.4) is 0 Å². The predicted molar refractivity (Wildman–Crippen MR) is 131 cm³/mol. The highest BCUT2D eigenvalue weighted by Gasteiger charge is 2.32. The number of H-pyrrole nitrogens is 1. The molecule has 1 aromatic carbocycles. The fourth-order valence-electron chi connectivity index (χ4n) is 4.57. The van der Waals surface area contributed by atoms with Crippen LogP contribution in [0.1, 0.15) is 44.2 Å². The van der Waals surface area contributed by atoms with Crippen molar-refractivity contribution in [2.45, 2.75) is 44.4 Å². The van der Waals surface area contributed by atoms with E-state index in [9.17, 15) is 9.18 Å². The molecule has 1 aliphatic heterocycles. The monoisotopic (exact) mass is 511 g/mol. The third-order valence-corrected chi connectivity index (χ3v) is 6.50. The molecule has 2 fully saturated rings. The van der Waals surface area contributed by atoms with Crippen molar-refractivity contribution in [2.24, 2.45) is 5.92 Å². The first-order valence-corrected chi connectivity index (χ1v) is 12.6. The maximum atomic E-state index is 13.6. The first-order valence-electron chi connectivity index (χ1n) is 12.6. The SMILES string of the molecule is O=C(NC1CCCCC1)C1COC(c2nc(-c3ccc(F)cc3)c(-c3ccnc(OCCO)n3)[nH]2)OC1. The number of aromatic nitrogens is 4. The molecule has 37 heavy (non-hydrogen) atoms. The van der Waals surface area contributed by atoms with Crippen LogP contribution in [0.25, 0.3) is 22.6 Å². The van der Waals surface area contributed by atoms with Crippen LogP contribution < -0.4 is 10.1 Å². The molecule has 1 saturated heterocycles. The minimum Gasteiger partial charge on any atom is -0.461 e. The molecule has 2 aromatic heterocycles. The second-order valence-electron chi connectivity index (χ2n) is 9.19. The van der Waals surface area contributed by atoms with E-state index in [4.69, 9.17) is 24.3 Å². The highest BCUT2D eigenvalue weighted by Crippen LogP contribution is 2.33. The topological polar surface area (TPSA) is 131 Å². The largest absolute Gasteiger partial charge is 0.461 e. The van der Waals surface area contributed by atoms with Gasteiger partial charge in [-0.25, -0.2) is 14.4 Å². The van der Waals surface area contributed by atoms with Crippen LogP contribution in [0.2, 0.25) is 0 Å². The average molecular weight is 512 g/mol. The molecule has 0 atom stereocenters. The van der Waals surface area contributed by atoms with Gasteiger partial charge in [-0.1, -0.05) is 19.3 Å². The van der Waals surface area contributed by atoms with E-state index in [1.54, 1.807) is 18.2 Å². The number of aromatic amines is 1. The van der Waals surface area contributed by atoms with Crippen LogP contribution in [0.5, 0.6) is 6.01 Å². The van der Waals surface area contributed by atoms with Crippen molar-refractivity contribution in [3.05, 3.63) is 48.2 Å². The van der Waals surface area contributed by atoms with E-state index in [1.165, 1.54) is 24.8 Å². The van der Waals surface area contributed by atoms with Gasteiger partial charge in [0.25, 0.3) is 0 Å². The molecule has 0 spiro atoms. The quantitative estimate of drug-likeness (QED) is 0.420. The van der Waals surface area contributed by atoms with Crippen LogP contribution in [0, 0.1) is 11.7 Å². The second kappa shape index (κ2) is 11.8. The maximum Gasteiger partial charge on any atom is 0.317 e. The standard InChI is InChI=1S/C26H30FN5O5/c27-18-8-6-16(7-9-18)21-22(20-10-11-28-26(30-20)35-13-12-33)32-23(31-21)25-36-14-17(15-37-25)24(34)29-19-4-2-1-3-5-19/h6-11,17,19,25,33H,1-5,12-15H2,(H,29,34)(H,31,32).